The summed E-state index contributed by atoms with van der Waals surface area (Å²) in [5.41, 5.74) is 0.254. The van der Waals surface area contributed by atoms with Gasteiger partial charge in [-0.2, -0.15) is 0 Å². The van der Waals surface area contributed by atoms with E-state index in [1.165, 1.54) is 30.7 Å². The lowest BCUT2D eigenvalue weighted by atomic mass is 9.91. The van der Waals surface area contributed by atoms with Gasteiger partial charge >= 0.3 is 0 Å². The molecule has 2 nitrogen and oxygen atoms in total. The molecule has 2 atom stereocenters. The Morgan fingerprint density at radius 1 is 1.42 bits per heavy atom. The lowest BCUT2D eigenvalue weighted by molar-refractivity contribution is 0.254. The highest BCUT2D eigenvalue weighted by Gasteiger charge is 2.39. The molecule has 0 radical (unpaired) electrons. The molecule has 2 fully saturated rings. The predicted octanol–water partition coefficient (Wildman–Crippen LogP) is 3.24. The van der Waals surface area contributed by atoms with Crippen molar-refractivity contribution in [3.8, 4) is 0 Å². The summed E-state index contributed by atoms with van der Waals surface area (Å²) in [4.78, 5) is 4.21. The summed E-state index contributed by atoms with van der Waals surface area (Å²) < 4.78 is 0. The molecule has 0 amide bonds. The molecular formula is C16H26N2S. The van der Waals surface area contributed by atoms with Crippen LogP contribution in [0.4, 0.5) is 0 Å². The summed E-state index contributed by atoms with van der Waals surface area (Å²) in [5, 5.41) is 6.00. The Balaban J connectivity index is 1.52. The first-order valence-corrected chi connectivity index (χ1v) is 8.47. The average Bonchev–Trinajstić information content (AvgIpc) is 2.91. The largest absolute Gasteiger partial charge is 0.312 e. The van der Waals surface area contributed by atoms with Crippen LogP contribution in [0, 0.1) is 0 Å². The van der Waals surface area contributed by atoms with E-state index in [2.05, 4.69) is 48.5 Å². The van der Waals surface area contributed by atoms with E-state index in [0.717, 1.165) is 18.6 Å². The summed E-state index contributed by atoms with van der Waals surface area (Å²) in [5.74, 6) is 0. The van der Waals surface area contributed by atoms with Crippen molar-refractivity contribution in [1.82, 2.24) is 10.2 Å². The summed E-state index contributed by atoms with van der Waals surface area (Å²) in [6.45, 7) is 9.44. The first-order chi connectivity index (χ1) is 9.06. The van der Waals surface area contributed by atoms with Crippen molar-refractivity contribution in [2.45, 2.75) is 63.6 Å². The topological polar surface area (TPSA) is 15.3 Å². The van der Waals surface area contributed by atoms with Crippen LogP contribution in [0.5, 0.6) is 0 Å². The van der Waals surface area contributed by atoms with Gasteiger partial charge in [-0.3, -0.25) is 4.90 Å². The van der Waals surface area contributed by atoms with Crippen LogP contribution in [-0.2, 0) is 5.41 Å². The van der Waals surface area contributed by atoms with Gasteiger partial charge in [0.25, 0.3) is 0 Å². The zero-order valence-electron chi connectivity index (χ0n) is 12.4. The number of nitrogens with zero attached hydrogens (tertiary/aromatic N) is 1. The fourth-order valence-corrected chi connectivity index (χ4v) is 4.12. The molecule has 0 bridgehead atoms. The van der Waals surface area contributed by atoms with Crippen molar-refractivity contribution >= 4 is 11.3 Å². The molecule has 2 aliphatic rings. The van der Waals surface area contributed by atoms with Crippen molar-refractivity contribution in [2.75, 3.05) is 13.1 Å². The highest BCUT2D eigenvalue weighted by molar-refractivity contribution is 7.10. The Morgan fingerprint density at radius 3 is 2.84 bits per heavy atom. The van der Waals surface area contributed by atoms with Gasteiger partial charge in [0.2, 0.25) is 0 Å². The van der Waals surface area contributed by atoms with E-state index in [1.807, 2.05) is 11.3 Å². The van der Waals surface area contributed by atoms with Crippen molar-refractivity contribution in [1.29, 1.82) is 0 Å². The first kappa shape index (κ1) is 13.6. The molecule has 1 aromatic heterocycles. The van der Waals surface area contributed by atoms with Crippen LogP contribution in [-0.4, -0.2) is 36.1 Å². The van der Waals surface area contributed by atoms with E-state index in [4.69, 9.17) is 0 Å². The maximum Gasteiger partial charge on any atom is 0.0210 e. The molecule has 2 heterocycles. The lowest BCUT2D eigenvalue weighted by Gasteiger charge is -2.26. The molecule has 1 aliphatic carbocycles. The Morgan fingerprint density at radius 2 is 2.21 bits per heavy atom. The smallest absolute Gasteiger partial charge is 0.0210 e. The number of hydrogen-bond donors (Lipinski definition) is 1. The van der Waals surface area contributed by atoms with Crippen LogP contribution in [0.2, 0.25) is 0 Å². The number of nitrogens with one attached hydrogen (secondary N) is 1. The standard InChI is InChI=1S/C16H26N2S/c1-12-9-13(10-18(12)14-6-7-14)17-11-16(2,3)15-5-4-8-19-15/h4-5,8,12-14,17H,6-7,9-11H2,1-3H3. The SMILES string of the molecule is CC1CC(NCC(C)(C)c2cccs2)CN1C1CC1. The number of likely N-dealkylation sites (tertiary alicyclic amines) is 1. The Hall–Kier alpha value is -0.380. The third-order valence-corrected chi connectivity index (χ3v) is 5.90. The van der Waals surface area contributed by atoms with Crippen molar-refractivity contribution < 1.29 is 0 Å². The molecule has 1 saturated carbocycles. The minimum absolute atomic E-state index is 0.254. The van der Waals surface area contributed by atoms with Gasteiger partial charge in [-0.05, 0) is 37.6 Å². The molecule has 0 spiro atoms. The van der Waals surface area contributed by atoms with E-state index in [0.29, 0.717) is 6.04 Å². The van der Waals surface area contributed by atoms with Crippen LogP contribution in [0.3, 0.4) is 0 Å². The fourth-order valence-electron chi connectivity index (χ4n) is 3.27. The minimum Gasteiger partial charge on any atom is -0.312 e. The van der Waals surface area contributed by atoms with Crippen LogP contribution in [0.15, 0.2) is 17.5 Å². The first-order valence-electron chi connectivity index (χ1n) is 7.59. The van der Waals surface area contributed by atoms with Gasteiger partial charge in [0.1, 0.15) is 0 Å². The second kappa shape index (κ2) is 5.19. The van der Waals surface area contributed by atoms with E-state index in [9.17, 15) is 0 Å². The minimum atomic E-state index is 0.254. The van der Waals surface area contributed by atoms with Crippen LogP contribution in [0.25, 0.3) is 0 Å². The second-order valence-electron chi connectivity index (χ2n) is 6.95. The van der Waals surface area contributed by atoms with Gasteiger partial charge in [0, 0.05) is 41.5 Å². The molecule has 1 aromatic rings. The fraction of sp³-hybridized carbons (Fsp3) is 0.750. The number of thiophene rings is 1. The molecule has 1 saturated heterocycles. The van der Waals surface area contributed by atoms with E-state index < -0.39 is 0 Å². The Bertz CT molecular complexity index is 408. The van der Waals surface area contributed by atoms with Crippen molar-refractivity contribution in [2.24, 2.45) is 0 Å². The van der Waals surface area contributed by atoms with Gasteiger partial charge in [-0.1, -0.05) is 19.9 Å². The molecule has 3 heteroatoms. The molecule has 0 aromatic carbocycles. The van der Waals surface area contributed by atoms with E-state index in [-0.39, 0.29) is 5.41 Å². The van der Waals surface area contributed by atoms with Crippen molar-refractivity contribution in [3.05, 3.63) is 22.4 Å². The van der Waals surface area contributed by atoms with Gasteiger partial charge in [0.15, 0.2) is 0 Å². The predicted molar refractivity (Wildman–Crippen MR) is 82.9 cm³/mol. The van der Waals surface area contributed by atoms with Crippen molar-refractivity contribution in [3.63, 3.8) is 0 Å². The molecular weight excluding hydrogens is 252 g/mol. The zero-order valence-corrected chi connectivity index (χ0v) is 13.2. The molecule has 3 rings (SSSR count). The summed E-state index contributed by atoms with van der Waals surface area (Å²) in [7, 11) is 0. The number of rotatable bonds is 5. The molecule has 106 valence electrons. The van der Waals surface area contributed by atoms with E-state index >= 15 is 0 Å². The van der Waals surface area contributed by atoms with Gasteiger partial charge < -0.3 is 5.32 Å². The molecule has 2 unspecified atom stereocenters. The lowest BCUT2D eigenvalue weighted by Crippen LogP contribution is -2.40. The summed E-state index contributed by atoms with van der Waals surface area (Å²) in [6, 6.07) is 6.80. The van der Waals surface area contributed by atoms with Crippen LogP contribution >= 0.6 is 11.3 Å². The molecule has 19 heavy (non-hydrogen) atoms. The monoisotopic (exact) mass is 278 g/mol. The third kappa shape index (κ3) is 3.04. The zero-order chi connectivity index (χ0) is 13.5. The normalized spacial score (nSPS) is 29.0. The van der Waals surface area contributed by atoms with Gasteiger partial charge in [-0.15, -0.1) is 11.3 Å². The Labute approximate surface area is 121 Å². The Kier molecular flexibility index (Phi) is 3.71. The summed E-state index contributed by atoms with van der Waals surface area (Å²) in [6.07, 6.45) is 4.17. The average molecular weight is 278 g/mol. The second-order valence-corrected chi connectivity index (χ2v) is 7.90. The van der Waals surface area contributed by atoms with Crippen LogP contribution in [0.1, 0.15) is 44.9 Å². The summed E-state index contributed by atoms with van der Waals surface area (Å²) >= 11 is 1.88. The van der Waals surface area contributed by atoms with Crippen LogP contribution < -0.4 is 5.32 Å². The highest BCUT2D eigenvalue weighted by atomic mass is 32.1. The highest BCUT2D eigenvalue weighted by Crippen LogP contribution is 2.33. The maximum absolute atomic E-state index is 3.82. The maximum atomic E-state index is 3.82. The molecule has 1 aliphatic heterocycles. The quantitative estimate of drug-likeness (QED) is 0.889. The molecule has 1 N–H and O–H groups in total. The number of hydrogen-bond acceptors (Lipinski definition) is 3. The van der Waals surface area contributed by atoms with Gasteiger partial charge in [0.05, 0.1) is 0 Å². The van der Waals surface area contributed by atoms with E-state index in [1.54, 1.807) is 0 Å². The third-order valence-electron chi connectivity index (χ3n) is 4.66. The van der Waals surface area contributed by atoms with Gasteiger partial charge in [-0.25, -0.2) is 0 Å².